The molecule has 10 nitrogen and oxygen atoms in total. The number of hydrogen-bond donors (Lipinski definition) is 2. The summed E-state index contributed by atoms with van der Waals surface area (Å²) in [5.41, 5.74) is -2.18. The van der Waals surface area contributed by atoms with Crippen molar-refractivity contribution in [2.45, 2.75) is 114 Å². The Bertz CT molecular complexity index is 1710. The fourth-order valence-corrected chi connectivity index (χ4v) is 8.54. The smallest absolute Gasteiger partial charge is 0.406 e. The molecule has 2 saturated carbocycles. The van der Waals surface area contributed by atoms with Gasteiger partial charge in [0.1, 0.15) is 11.4 Å². The summed E-state index contributed by atoms with van der Waals surface area (Å²) in [6.07, 6.45) is -8.83. The van der Waals surface area contributed by atoms with Crippen LogP contribution in [0.1, 0.15) is 106 Å². The van der Waals surface area contributed by atoms with E-state index in [4.69, 9.17) is 4.74 Å². The molecule has 2 unspecified atom stereocenters. The Morgan fingerprint density at radius 2 is 1.64 bits per heavy atom. The zero-order valence-corrected chi connectivity index (χ0v) is 33.3. The van der Waals surface area contributed by atoms with Gasteiger partial charge in [0, 0.05) is 41.8 Å². The first-order valence-electron chi connectivity index (χ1n) is 18.8. The van der Waals surface area contributed by atoms with Gasteiger partial charge in [0.15, 0.2) is 5.92 Å². The van der Waals surface area contributed by atoms with Gasteiger partial charge in [-0.25, -0.2) is 9.98 Å². The lowest BCUT2D eigenvalue weighted by Crippen LogP contribution is -2.52. The number of carbonyl (C=O) groups excluding carboxylic acids is 4. The maximum absolute atomic E-state index is 14.0. The Labute approximate surface area is 327 Å². The number of unbranched alkanes of at least 4 members (excludes halogenated alkanes) is 2. The van der Waals surface area contributed by atoms with E-state index in [2.05, 4.69) is 20.6 Å². The molecule has 3 amide bonds. The number of aliphatic imine (C=N–C) groups is 1. The number of nitrogens with zero attached hydrogens (tertiary/aromatic N) is 3. The lowest BCUT2D eigenvalue weighted by molar-refractivity contribution is -0.260. The molecule has 1 heterocycles. The molecule has 0 saturated heterocycles. The van der Waals surface area contributed by atoms with E-state index in [0.717, 1.165) is 17.5 Å². The summed E-state index contributed by atoms with van der Waals surface area (Å²) >= 11 is 1.21. The van der Waals surface area contributed by atoms with Gasteiger partial charge in [-0.2, -0.15) is 26.3 Å². The van der Waals surface area contributed by atoms with Crippen LogP contribution >= 0.6 is 11.3 Å². The van der Waals surface area contributed by atoms with E-state index >= 15 is 0 Å². The number of alkyl halides is 6. The van der Waals surface area contributed by atoms with Crippen LogP contribution < -0.4 is 10.6 Å². The molecule has 1 aromatic heterocycles. The molecule has 0 radical (unpaired) electrons. The number of thiazole rings is 1. The lowest BCUT2D eigenvalue weighted by Gasteiger charge is -2.35. The first-order valence-corrected chi connectivity index (χ1v) is 19.7. The number of hydrogen-bond acceptors (Lipinski definition) is 8. The molecule has 2 fully saturated rings. The van der Waals surface area contributed by atoms with Gasteiger partial charge in [0.25, 0.3) is 11.8 Å². The summed E-state index contributed by atoms with van der Waals surface area (Å²) in [7, 11) is 4.14. The SMILES string of the molecule is CNCCCCCC(=O)N=C(C(=O)N(C)[C@H](CC1(c2nc(C(=O)NC3(C[C@H](C)C(=O)OC)CC3c3ccccc3)cs2)CC1)C(C)C)C(C(F)(F)F)C(F)(F)F. The Hall–Kier alpha value is -3.86. The number of halogens is 6. The predicted molar refractivity (Wildman–Crippen MR) is 199 cm³/mol. The van der Waals surface area contributed by atoms with Crippen molar-refractivity contribution in [3.05, 3.63) is 52.0 Å². The van der Waals surface area contributed by atoms with Crippen LogP contribution in [0.25, 0.3) is 0 Å². The number of nitrogens with one attached hydrogen (secondary N) is 2. The van der Waals surface area contributed by atoms with Gasteiger partial charge in [0.05, 0.1) is 18.0 Å². The van der Waals surface area contributed by atoms with Crippen molar-refractivity contribution in [1.29, 1.82) is 0 Å². The number of esters is 1. The van der Waals surface area contributed by atoms with Crippen molar-refractivity contribution in [3.8, 4) is 0 Å². The van der Waals surface area contributed by atoms with Crippen LogP contribution in [0, 0.1) is 17.8 Å². The van der Waals surface area contributed by atoms with Crippen LogP contribution in [-0.4, -0.2) is 91.0 Å². The van der Waals surface area contributed by atoms with E-state index in [0.29, 0.717) is 50.1 Å². The van der Waals surface area contributed by atoms with Crippen LogP contribution in [0.5, 0.6) is 0 Å². The molecule has 1 aromatic carbocycles. The summed E-state index contributed by atoms with van der Waals surface area (Å²) < 4.78 is 89.2. The molecule has 0 spiro atoms. The van der Waals surface area contributed by atoms with E-state index in [1.807, 2.05) is 30.3 Å². The number of benzene rings is 1. The van der Waals surface area contributed by atoms with Gasteiger partial charge >= 0.3 is 18.3 Å². The molecule has 4 atom stereocenters. The van der Waals surface area contributed by atoms with Gasteiger partial charge in [0.2, 0.25) is 5.91 Å². The first-order chi connectivity index (χ1) is 26.2. The van der Waals surface area contributed by atoms with E-state index in [1.54, 1.807) is 33.2 Å². The standard InChI is InChI=1S/C39H51F6N5O5S/c1-23(2)28(50(5)33(53)30(31(38(40,41)42)39(43,44)45)48-29(51)15-11-8-12-18-46-4)21-36(16-17-36)35-47-27(22-56-35)32(52)49-37(19-24(3)34(54)55-6)20-26(37)25-13-9-7-10-14-25/h7,9-10,13-14,22-24,26,28,31,46H,8,11-12,15-21H2,1-6H3,(H,49,52)/t24-,26?,28+,37?/m0/s1. The molecular formula is C39H51F6N5O5S. The number of aromatic nitrogens is 1. The largest absolute Gasteiger partial charge is 0.469 e. The Balaban J connectivity index is 1.56. The molecule has 17 heteroatoms. The molecule has 56 heavy (non-hydrogen) atoms. The van der Waals surface area contributed by atoms with Crippen molar-refractivity contribution in [3.63, 3.8) is 0 Å². The minimum Gasteiger partial charge on any atom is -0.469 e. The second-order valence-electron chi connectivity index (χ2n) is 15.5. The maximum atomic E-state index is 14.0. The number of amides is 3. The van der Waals surface area contributed by atoms with Crippen LogP contribution in [0.4, 0.5) is 26.3 Å². The molecule has 0 bridgehead atoms. The highest BCUT2D eigenvalue weighted by atomic mass is 32.1. The molecule has 2 N–H and O–H groups in total. The van der Waals surface area contributed by atoms with E-state index in [1.165, 1.54) is 18.4 Å². The molecule has 4 rings (SSSR count). The highest BCUT2D eigenvalue weighted by Crippen LogP contribution is 2.56. The third-order valence-electron chi connectivity index (χ3n) is 10.9. The Morgan fingerprint density at radius 1 is 1.00 bits per heavy atom. The molecule has 2 aromatic rings. The number of ether oxygens (including phenoxy) is 1. The predicted octanol–water partition coefficient (Wildman–Crippen LogP) is 7.39. The van der Waals surface area contributed by atoms with E-state index < -0.39 is 82.9 Å². The topological polar surface area (TPSA) is 130 Å². The van der Waals surface area contributed by atoms with Gasteiger partial charge in [-0.05, 0) is 70.0 Å². The Morgan fingerprint density at radius 3 is 2.20 bits per heavy atom. The summed E-state index contributed by atoms with van der Waals surface area (Å²) in [4.78, 5) is 61.2. The lowest BCUT2D eigenvalue weighted by atomic mass is 9.88. The minimum absolute atomic E-state index is 0.0473. The molecule has 2 aliphatic carbocycles. The Kier molecular flexibility index (Phi) is 14.5. The highest BCUT2D eigenvalue weighted by Gasteiger charge is 2.62. The van der Waals surface area contributed by atoms with Crippen LogP contribution in [0.2, 0.25) is 0 Å². The van der Waals surface area contributed by atoms with Crippen molar-refractivity contribution < 1.29 is 50.3 Å². The fourth-order valence-electron chi connectivity index (χ4n) is 7.47. The average molecular weight is 816 g/mol. The monoisotopic (exact) mass is 815 g/mol. The molecule has 0 aliphatic heterocycles. The second-order valence-corrected chi connectivity index (χ2v) is 16.3. The first kappa shape index (κ1) is 44.8. The third kappa shape index (κ3) is 11.0. The zero-order chi connectivity index (χ0) is 41.6. The third-order valence-corrected chi connectivity index (χ3v) is 11.9. The maximum Gasteiger partial charge on any atom is 0.406 e. The van der Waals surface area contributed by atoms with E-state index in [9.17, 15) is 45.5 Å². The summed E-state index contributed by atoms with van der Waals surface area (Å²) in [6, 6.07) is 8.71. The van der Waals surface area contributed by atoms with E-state index in [-0.39, 0.29) is 24.5 Å². The van der Waals surface area contributed by atoms with Gasteiger partial charge in [-0.1, -0.05) is 57.5 Å². The molecule has 310 valence electrons. The van der Waals surface area contributed by atoms with Crippen molar-refractivity contribution >= 4 is 40.7 Å². The molecule has 2 aliphatic rings. The average Bonchev–Trinajstić information content (AvgIpc) is 4.00. The quantitative estimate of drug-likeness (QED) is 0.0655. The molecular weight excluding hydrogens is 765 g/mol. The highest BCUT2D eigenvalue weighted by molar-refractivity contribution is 7.10. The van der Waals surface area contributed by atoms with Gasteiger partial charge < -0.3 is 20.3 Å². The summed E-state index contributed by atoms with van der Waals surface area (Å²) in [5.74, 6) is -8.97. The van der Waals surface area contributed by atoms with Crippen LogP contribution in [0.3, 0.4) is 0 Å². The van der Waals surface area contributed by atoms with Crippen molar-refractivity contribution in [2.24, 2.45) is 22.7 Å². The van der Waals surface area contributed by atoms with Crippen molar-refractivity contribution in [2.75, 3.05) is 27.7 Å². The van der Waals surface area contributed by atoms with Crippen LogP contribution in [-0.2, 0) is 24.5 Å². The van der Waals surface area contributed by atoms with Gasteiger partial charge in [-0.15, -0.1) is 11.3 Å². The number of carbonyl (C=O) groups is 4. The minimum atomic E-state index is -5.94. The summed E-state index contributed by atoms with van der Waals surface area (Å²) in [6.45, 7) is 5.73. The summed E-state index contributed by atoms with van der Waals surface area (Å²) in [5, 5.41) is 8.16. The van der Waals surface area contributed by atoms with Crippen molar-refractivity contribution in [1.82, 2.24) is 20.5 Å². The number of methoxy groups -OCH3 is 1. The second kappa shape index (κ2) is 18.2. The van der Waals surface area contributed by atoms with Crippen LogP contribution in [0.15, 0.2) is 40.7 Å². The van der Waals surface area contributed by atoms with Gasteiger partial charge in [-0.3, -0.25) is 19.2 Å². The number of rotatable bonds is 19. The normalized spacial score (nSPS) is 20.4. The fraction of sp³-hybridized carbons (Fsp3) is 0.641. The zero-order valence-electron chi connectivity index (χ0n) is 32.5.